The molecular weight excluding hydrogens is 516 g/mol. The van der Waals surface area contributed by atoms with Gasteiger partial charge in [-0.25, -0.2) is 9.78 Å². The second-order valence-corrected chi connectivity index (χ2v) is 9.54. The lowest BCUT2D eigenvalue weighted by Crippen LogP contribution is -2.49. The summed E-state index contributed by atoms with van der Waals surface area (Å²) in [4.78, 5) is 32.9. The first-order chi connectivity index (χ1) is 17.5. The van der Waals surface area contributed by atoms with Crippen LogP contribution >= 0.6 is 0 Å². The van der Waals surface area contributed by atoms with Crippen LogP contribution in [0.1, 0.15) is 74.5 Å². The number of rotatable bonds is 5. The summed E-state index contributed by atoms with van der Waals surface area (Å²) in [6.45, 7) is 7.60. The van der Waals surface area contributed by atoms with Crippen molar-refractivity contribution in [3.05, 3.63) is 58.3 Å². The monoisotopic (exact) mass is 545 g/mol. The molecule has 12 heteroatoms. The topological polar surface area (TPSA) is 62.7 Å². The maximum absolute atomic E-state index is 13.4. The molecule has 1 aliphatic rings. The Kier molecular flexibility index (Phi) is 8.33. The predicted molar refractivity (Wildman–Crippen MR) is 127 cm³/mol. The molecular formula is C26H29F6N3O3. The van der Waals surface area contributed by atoms with Gasteiger partial charge in [0.2, 0.25) is 5.91 Å². The van der Waals surface area contributed by atoms with Crippen molar-refractivity contribution in [1.29, 1.82) is 0 Å². The van der Waals surface area contributed by atoms with E-state index in [1.165, 1.54) is 16.7 Å². The molecule has 38 heavy (non-hydrogen) atoms. The van der Waals surface area contributed by atoms with Gasteiger partial charge in [-0.15, -0.1) is 0 Å². The largest absolute Gasteiger partial charge is 0.446 e. The number of alkyl halides is 6. The van der Waals surface area contributed by atoms with Crippen molar-refractivity contribution in [3.63, 3.8) is 0 Å². The summed E-state index contributed by atoms with van der Waals surface area (Å²) in [5.74, 6) is -0.314. The molecule has 0 saturated heterocycles. The molecule has 0 aliphatic carbocycles. The Bertz CT molecular complexity index is 1160. The summed E-state index contributed by atoms with van der Waals surface area (Å²) in [6, 6.07) is 3.36. The summed E-state index contributed by atoms with van der Waals surface area (Å²) < 4.78 is 85.9. The molecule has 0 bridgehead atoms. The van der Waals surface area contributed by atoms with Crippen LogP contribution in [0, 0.1) is 6.92 Å². The molecule has 1 aromatic carbocycles. The summed E-state index contributed by atoms with van der Waals surface area (Å²) in [5.41, 5.74) is -2.22. The highest BCUT2D eigenvalue weighted by atomic mass is 19.4. The molecule has 0 fully saturated rings. The Labute approximate surface area is 216 Å². The first kappa shape index (κ1) is 29.2. The van der Waals surface area contributed by atoms with Crippen LogP contribution in [-0.4, -0.2) is 34.0 Å². The molecule has 0 saturated carbocycles. The fourth-order valence-electron chi connectivity index (χ4n) is 4.56. The highest BCUT2D eigenvalue weighted by Crippen LogP contribution is 2.42. The van der Waals surface area contributed by atoms with Gasteiger partial charge < -0.3 is 9.64 Å². The number of aromatic nitrogens is 1. The number of hydrogen-bond donors (Lipinski definition) is 0. The van der Waals surface area contributed by atoms with Crippen LogP contribution in [0.4, 0.5) is 37.0 Å². The normalized spacial score (nSPS) is 17.8. The van der Waals surface area contributed by atoms with Crippen LogP contribution in [0.25, 0.3) is 0 Å². The van der Waals surface area contributed by atoms with E-state index in [1.54, 1.807) is 32.9 Å². The molecule has 0 radical (unpaired) electrons. The molecule has 2 heterocycles. The van der Waals surface area contributed by atoms with Crippen molar-refractivity contribution in [3.8, 4) is 0 Å². The molecule has 2 atom stereocenters. The van der Waals surface area contributed by atoms with Gasteiger partial charge >= 0.3 is 18.4 Å². The molecule has 2 unspecified atom stereocenters. The van der Waals surface area contributed by atoms with Gasteiger partial charge in [-0.2, -0.15) is 26.3 Å². The Balaban J connectivity index is 2.11. The second-order valence-electron chi connectivity index (χ2n) is 9.54. The van der Waals surface area contributed by atoms with Crippen molar-refractivity contribution < 1.29 is 40.7 Å². The van der Waals surface area contributed by atoms with Crippen molar-refractivity contribution in [1.82, 2.24) is 9.88 Å². The number of carbonyl (C=O) groups excluding carboxylic acids is 2. The molecule has 3 rings (SSSR count). The molecule has 0 spiro atoms. The zero-order valence-corrected chi connectivity index (χ0v) is 21.6. The zero-order valence-electron chi connectivity index (χ0n) is 21.6. The maximum Gasteiger partial charge on any atom is 0.416 e. The van der Waals surface area contributed by atoms with Crippen molar-refractivity contribution in [2.75, 3.05) is 4.90 Å². The highest BCUT2D eigenvalue weighted by molar-refractivity contribution is 5.89. The van der Waals surface area contributed by atoms with Gasteiger partial charge in [0.1, 0.15) is 5.82 Å². The lowest BCUT2D eigenvalue weighted by atomic mass is 9.90. The second kappa shape index (κ2) is 10.8. The number of aryl methyl sites for hydroxylation is 1. The van der Waals surface area contributed by atoms with E-state index in [2.05, 4.69) is 4.98 Å². The number of amides is 2. The minimum Gasteiger partial charge on any atom is -0.446 e. The number of hydrogen-bond acceptors (Lipinski definition) is 4. The van der Waals surface area contributed by atoms with Gasteiger partial charge in [-0.3, -0.25) is 9.69 Å². The van der Waals surface area contributed by atoms with Gasteiger partial charge in [0.05, 0.1) is 23.3 Å². The summed E-state index contributed by atoms with van der Waals surface area (Å²) in [6.07, 6.45) is -10.4. The van der Waals surface area contributed by atoms with Gasteiger partial charge in [-0.1, -0.05) is 13.0 Å². The summed E-state index contributed by atoms with van der Waals surface area (Å²) in [5, 5.41) is 0. The van der Waals surface area contributed by atoms with Crippen molar-refractivity contribution >= 4 is 17.8 Å². The molecule has 1 aromatic heterocycles. The lowest BCUT2D eigenvalue weighted by Gasteiger charge is -2.43. The van der Waals surface area contributed by atoms with E-state index < -0.39 is 60.2 Å². The molecule has 2 aromatic rings. The van der Waals surface area contributed by atoms with E-state index in [0.717, 1.165) is 0 Å². The Hall–Kier alpha value is -3.31. The third-order valence-corrected chi connectivity index (χ3v) is 6.28. The maximum atomic E-state index is 13.4. The van der Waals surface area contributed by atoms with Gasteiger partial charge in [-0.05, 0) is 63.4 Å². The zero-order chi connectivity index (χ0) is 28.6. The van der Waals surface area contributed by atoms with Crippen LogP contribution in [0.5, 0.6) is 0 Å². The van der Waals surface area contributed by atoms with Gasteiger partial charge in [0.15, 0.2) is 0 Å². The van der Waals surface area contributed by atoms with E-state index in [1.807, 2.05) is 6.92 Å². The third kappa shape index (κ3) is 6.39. The van der Waals surface area contributed by atoms with E-state index in [0.29, 0.717) is 29.8 Å². The van der Waals surface area contributed by atoms with E-state index in [4.69, 9.17) is 4.74 Å². The molecule has 1 aliphatic heterocycles. The number of anilines is 1. The third-order valence-electron chi connectivity index (χ3n) is 6.28. The van der Waals surface area contributed by atoms with Crippen LogP contribution < -0.4 is 4.90 Å². The molecule has 6 nitrogen and oxygen atoms in total. The number of pyridine rings is 1. The van der Waals surface area contributed by atoms with Crippen LogP contribution in [0.15, 0.2) is 30.3 Å². The SMILES string of the molecule is CCC1CC(N(Cc2cc(C(F)(F)F)cc(C(F)(F)F)c2)C(C)=O)c2ccc(C)nc2N1C(=O)OC(C)C. The standard InChI is InChI=1S/C26H29F6N3O3/c1-6-20-12-22(21-8-7-15(4)33-23(21)35(20)24(37)38-14(2)3)34(16(5)36)13-17-9-18(25(27,28)29)11-19(10-17)26(30,31)32/h7-11,14,20,22H,6,12-13H2,1-5H3. The average Bonchev–Trinajstić information content (AvgIpc) is 2.79. The Morgan fingerprint density at radius 2 is 1.66 bits per heavy atom. The summed E-state index contributed by atoms with van der Waals surface area (Å²) in [7, 11) is 0. The first-order valence-electron chi connectivity index (χ1n) is 12.1. The van der Waals surface area contributed by atoms with Gasteiger partial charge in [0, 0.05) is 30.8 Å². The minimum atomic E-state index is -5.01. The van der Waals surface area contributed by atoms with Gasteiger partial charge in [0.25, 0.3) is 0 Å². The van der Waals surface area contributed by atoms with E-state index in [9.17, 15) is 35.9 Å². The number of benzene rings is 1. The quantitative estimate of drug-likeness (QED) is 0.378. The number of ether oxygens (including phenoxy) is 1. The van der Waals surface area contributed by atoms with Crippen molar-refractivity contribution in [2.24, 2.45) is 0 Å². The number of fused-ring (bicyclic) bond motifs is 1. The Morgan fingerprint density at radius 3 is 2.13 bits per heavy atom. The van der Waals surface area contributed by atoms with Crippen LogP contribution in [0.3, 0.4) is 0 Å². The molecule has 208 valence electrons. The summed E-state index contributed by atoms with van der Waals surface area (Å²) >= 11 is 0. The predicted octanol–water partition coefficient (Wildman–Crippen LogP) is 7.05. The highest BCUT2D eigenvalue weighted by Gasteiger charge is 2.41. The number of carbonyl (C=O) groups is 2. The van der Waals surface area contributed by atoms with Crippen LogP contribution in [-0.2, 0) is 28.4 Å². The van der Waals surface area contributed by atoms with Crippen molar-refractivity contribution in [2.45, 2.75) is 84.5 Å². The van der Waals surface area contributed by atoms with Crippen LogP contribution in [0.2, 0.25) is 0 Å². The minimum absolute atomic E-state index is 0.0511. The van der Waals surface area contributed by atoms with E-state index in [-0.39, 0.29) is 23.9 Å². The fraction of sp³-hybridized carbons (Fsp3) is 0.500. The molecule has 2 amide bonds. The number of nitrogens with zero attached hydrogens (tertiary/aromatic N) is 3. The van der Waals surface area contributed by atoms with E-state index >= 15 is 0 Å². The fourth-order valence-corrected chi connectivity index (χ4v) is 4.56. The first-order valence-corrected chi connectivity index (χ1v) is 12.1. The smallest absolute Gasteiger partial charge is 0.416 e. The Morgan fingerprint density at radius 1 is 1.08 bits per heavy atom. The lowest BCUT2D eigenvalue weighted by molar-refractivity contribution is -0.143. The number of halogens is 6. The molecule has 0 N–H and O–H groups in total. The average molecular weight is 546 g/mol.